The van der Waals surface area contributed by atoms with Crippen LogP contribution in [0.4, 0.5) is 13.2 Å². The van der Waals surface area contributed by atoms with Gasteiger partial charge < -0.3 is 9.55 Å². The Hall–Kier alpha value is -4.28. The Morgan fingerprint density at radius 1 is 1.00 bits per heavy atom. The maximum absolute atomic E-state index is 13.1. The minimum atomic E-state index is -4.52. The molecule has 0 unspecified atom stereocenters. The first kappa shape index (κ1) is 24.4. The number of nitrogens with zero attached hydrogens (tertiary/aromatic N) is 6. The second-order valence-corrected chi connectivity index (χ2v) is 9.18. The fourth-order valence-corrected chi connectivity index (χ4v) is 4.40. The van der Waals surface area contributed by atoms with Gasteiger partial charge in [-0.2, -0.15) is 13.2 Å². The summed E-state index contributed by atoms with van der Waals surface area (Å²) in [5, 5.41) is 0. The molecule has 11 heteroatoms. The Morgan fingerprint density at radius 3 is 2.38 bits per heavy atom. The average Bonchev–Trinajstić information content (AvgIpc) is 3.42. The van der Waals surface area contributed by atoms with E-state index in [0.717, 1.165) is 23.0 Å². The first-order valence-corrected chi connectivity index (χ1v) is 11.7. The van der Waals surface area contributed by atoms with Crippen molar-refractivity contribution in [2.24, 2.45) is 7.05 Å². The highest BCUT2D eigenvalue weighted by Crippen LogP contribution is 2.31. The molecule has 0 radical (unpaired) electrons. The van der Waals surface area contributed by atoms with E-state index in [0.29, 0.717) is 22.6 Å². The van der Waals surface area contributed by atoms with Crippen LogP contribution in [-0.2, 0) is 13.2 Å². The van der Waals surface area contributed by atoms with Gasteiger partial charge in [0.25, 0.3) is 0 Å². The molecule has 0 spiro atoms. The smallest absolute Gasteiger partial charge is 0.333 e. The Bertz CT molecular complexity index is 1650. The largest absolute Gasteiger partial charge is 0.434 e. The summed E-state index contributed by atoms with van der Waals surface area (Å²) < 4.78 is 42.1. The van der Waals surface area contributed by atoms with Crippen LogP contribution < -0.4 is 5.69 Å². The lowest BCUT2D eigenvalue weighted by Gasteiger charge is -2.15. The van der Waals surface area contributed by atoms with Crippen LogP contribution in [-0.4, -0.2) is 34.1 Å². The summed E-state index contributed by atoms with van der Waals surface area (Å²) >= 11 is 0. The number of aryl methyl sites for hydroxylation is 1. The molecule has 5 rings (SSSR count). The number of imidazole rings is 2. The number of nitrogens with one attached hydrogen (secondary N) is 1. The third kappa shape index (κ3) is 4.41. The Kier molecular flexibility index (Phi) is 5.93. The monoisotopic (exact) mass is 507 g/mol. The maximum Gasteiger partial charge on any atom is 0.434 e. The van der Waals surface area contributed by atoms with Gasteiger partial charge in [-0.15, -0.1) is 0 Å². The van der Waals surface area contributed by atoms with Crippen LogP contribution >= 0.6 is 0 Å². The molecule has 4 heterocycles. The van der Waals surface area contributed by atoms with Gasteiger partial charge in [0.15, 0.2) is 17.2 Å². The topological polar surface area (TPSA) is 94.3 Å². The number of alkyl halides is 3. The lowest BCUT2D eigenvalue weighted by Crippen LogP contribution is -2.21. The van der Waals surface area contributed by atoms with Crippen molar-refractivity contribution < 1.29 is 13.2 Å². The summed E-state index contributed by atoms with van der Waals surface area (Å²) in [4.78, 5) is 33.1. The second-order valence-electron chi connectivity index (χ2n) is 9.18. The number of halogens is 3. The van der Waals surface area contributed by atoms with E-state index in [1.807, 2.05) is 32.9 Å². The van der Waals surface area contributed by atoms with Crippen molar-refractivity contribution in [1.29, 1.82) is 0 Å². The highest BCUT2D eigenvalue weighted by atomic mass is 19.4. The molecule has 0 amide bonds. The van der Waals surface area contributed by atoms with Gasteiger partial charge in [-0.1, -0.05) is 38.1 Å². The molecule has 0 saturated heterocycles. The average molecular weight is 508 g/mol. The molecule has 190 valence electrons. The van der Waals surface area contributed by atoms with Gasteiger partial charge >= 0.3 is 11.9 Å². The van der Waals surface area contributed by atoms with Crippen molar-refractivity contribution in [3.05, 3.63) is 82.4 Å². The molecule has 0 aliphatic carbocycles. The maximum atomic E-state index is 13.1. The van der Waals surface area contributed by atoms with Crippen LogP contribution in [0.1, 0.15) is 49.7 Å². The number of pyridine rings is 1. The highest BCUT2D eigenvalue weighted by molar-refractivity contribution is 5.73. The molecule has 5 aromatic rings. The summed E-state index contributed by atoms with van der Waals surface area (Å²) in [7, 11) is 1.52. The minimum absolute atomic E-state index is 0.160. The number of H-pyrrole nitrogens is 1. The Morgan fingerprint density at radius 2 is 1.73 bits per heavy atom. The van der Waals surface area contributed by atoms with Crippen LogP contribution in [0.2, 0.25) is 0 Å². The molecule has 37 heavy (non-hydrogen) atoms. The standard InChI is InChI=1S/C26H24F3N7O/c1-14(2)21-18(6-5-11-30-21)22-31-12-19-24(34-22)36(25(37)32-19)15(3)16-7-9-17(10-8-16)23-33-20(13-35(23)4)26(27,28)29/h5-15H,1-4H3,(H,32,37)/t15-/m1/s1. The van der Waals surface area contributed by atoms with E-state index in [2.05, 4.69) is 19.9 Å². The van der Waals surface area contributed by atoms with Gasteiger partial charge in [0.1, 0.15) is 11.3 Å². The second kappa shape index (κ2) is 8.99. The first-order chi connectivity index (χ1) is 17.5. The van der Waals surface area contributed by atoms with Crippen LogP contribution in [0.5, 0.6) is 0 Å². The van der Waals surface area contributed by atoms with Crippen LogP contribution in [0.25, 0.3) is 33.9 Å². The quantitative estimate of drug-likeness (QED) is 0.347. The van der Waals surface area contributed by atoms with E-state index in [-0.39, 0.29) is 17.4 Å². The van der Waals surface area contributed by atoms with Crippen molar-refractivity contribution in [1.82, 2.24) is 34.1 Å². The van der Waals surface area contributed by atoms with E-state index < -0.39 is 17.9 Å². The van der Waals surface area contributed by atoms with Crippen molar-refractivity contribution in [3.63, 3.8) is 0 Å². The molecule has 0 aliphatic rings. The zero-order valence-electron chi connectivity index (χ0n) is 20.6. The van der Waals surface area contributed by atoms with Gasteiger partial charge in [-0.3, -0.25) is 9.55 Å². The number of hydrogen-bond acceptors (Lipinski definition) is 5. The van der Waals surface area contributed by atoms with E-state index >= 15 is 0 Å². The molecular formula is C26H24F3N7O. The number of aromatic nitrogens is 7. The molecule has 1 aromatic carbocycles. The molecular weight excluding hydrogens is 483 g/mol. The third-order valence-electron chi connectivity index (χ3n) is 6.29. The number of rotatable bonds is 5. The third-order valence-corrected chi connectivity index (χ3v) is 6.29. The van der Waals surface area contributed by atoms with Crippen LogP contribution in [0.15, 0.2) is 59.8 Å². The predicted molar refractivity (Wildman–Crippen MR) is 133 cm³/mol. The number of aromatic amines is 1. The summed E-state index contributed by atoms with van der Waals surface area (Å²) in [6.07, 6.45) is -0.249. The summed E-state index contributed by atoms with van der Waals surface area (Å²) in [5.74, 6) is 0.827. The van der Waals surface area contributed by atoms with Gasteiger partial charge in [0.2, 0.25) is 0 Å². The van der Waals surface area contributed by atoms with Crippen molar-refractivity contribution in [2.75, 3.05) is 0 Å². The fourth-order valence-electron chi connectivity index (χ4n) is 4.40. The number of fused-ring (bicyclic) bond motifs is 1. The van der Waals surface area contributed by atoms with Gasteiger partial charge in [0, 0.05) is 30.6 Å². The Balaban J connectivity index is 1.53. The molecule has 0 saturated carbocycles. The zero-order chi connectivity index (χ0) is 26.5. The normalized spacial score (nSPS) is 13.0. The van der Waals surface area contributed by atoms with E-state index in [1.54, 1.807) is 41.2 Å². The van der Waals surface area contributed by atoms with E-state index in [1.165, 1.54) is 11.6 Å². The molecule has 0 fully saturated rings. The minimum Gasteiger partial charge on any atom is -0.333 e. The summed E-state index contributed by atoms with van der Waals surface area (Å²) in [6, 6.07) is 10.2. The number of benzene rings is 1. The van der Waals surface area contributed by atoms with Gasteiger partial charge in [-0.25, -0.2) is 19.7 Å². The molecule has 1 N–H and O–H groups in total. The molecule has 4 aromatic heterocycles. The van der Waals surface area contributed by atoms with Gasteiger partial charge in [0.05, 0.1) is 17.9 Å². The van der Waals surface area contributed by atoms with Crippen LogP contribution in [0.3, 0.4) is 0 Å². The van der Waals surface area contributed by atoms with Crippen LogP contribution in [0, 0.1) is 0 Å². The van der Waals surface area contributed by atoms with E-state index in [4.69, 9.17) is 4.98 Å². The van der Waals surface area contributed by atoms with Crippen molar-refractivity contribution in [2.45, 2.75) is 38.9 Å². The predicted octanol–water partition coefficient (Wildman–Crippen LogP) is 5.33. The molecule has 8 nitrogen and oxygen atoms in total. The fraction of sp³-hybridized carbons (Fsp3) is 0.269. The van der Waals surface area contributed by atoms with Crippen molar-refractivity contribution in [3.8, 4) is 22.8 Å². The summed E-state index contributed by atoms with van der Waals surface area (Å²) in [5.41, 5.74) is 2.63. The summed E-state index contributed by atoms with van der Waals surface area (Å²) in [6.45, 7) is 5.94. The van der Waals surface area contributed by atoms with Gasteiger partial charge in [-0.05, 0) is 30.5 Å². The highest BCUT2D eigenvalue weighted by Gasteiger charge is 2.34. The first-order valence-electron chi connectivity index (χ1n) is 11.7. The number of hydrogen-bond donors (Lipinski definition) is 1. The molecule has 0 bridgehead atoms. The SMILES string of the molecule is CC(C)c1ncccc1-c1ncc2[nH]c(=O)n([C@H](C)c3ccc(-c4nc(C(F)(F)F)cn4C)cc3)c2n1. The van der Waals surface area contributed by atoms with Crippen molar-refractivity contribution >= 4 is 11.2 Å². The molecule has 1 atom stereocenters. The zero-order valence-corrected chi connectivity index (χ0v) is 20.6. The Labute approximate surface area is 209 Å². The molecule has 0 aliphatic heterocycles. The lowest BCUT2D eigenvalue weighted by atomic mass is 10.0. The van der Waals surface area contributed by atoms with E-state index in [9.17, 15) is 18.0 Å². The lowest BCUT2D eigenvalue weighted by molar-refractivity contribution is -0.140.